The molecule has 0 spiro atoms. The molecule has 1 heterocycles. The number of likely N-dealkylation sites (tertiary alicyclic amines) is 1. The Kier molecular flexibility index (Phi) is 4.14. The Morgan fingerprint density at radius 3 is 2.60 bits per heavy atom. The fourth-order valence-electron chi connectivity index (χ4n) is 2.18. The first-order valence-electron chi connectivity index (χ1n) is 5.98. The average Bonchev–Trinajstić information content (AvgIpc) is 2.42. The molecule has 0 saturated carbocycles. The van der Waals surface area contributed by atoms with Gasteiger partial charge >= 0.3 is 0 Å². The summed E-state index contributed by atoms with van der Waals surface area (Å²) in [6.07, 6.45) is 4.20. The summed E-state index contributed by atoms with van der Waals surface area (Å²) in [5.74, 6) is 0.199. The molecule has 1 unspecified atom stereocenters. The molecule has 1 atom stereocenters. The predicted octanol–water partition coefficient (Wildman–Crippen LogP) is 1.94. The van der Waals surface area contributed by atoms with Crippen molar-refractivity contribution in [2.75, 3.05) is 6.54 Å². The smallest absolute Gasteiger partial charge is 0.223 e. The topological polar surface area (TPSA) is 40.5 Å². The fourth-order valence-corrected chi connectivity index (χ4v) is 2.18. The van der Waals surface area contributed by atoms with Crippen LogP contribution in [0.25, 0.3) is 0 Å². The molecule has 0 aromatic carbocycles. The number of carbonyl (C=O) groups excluding carboxylic acids is 1. The average molecular weight is 213 g/mol. The minimum Gasteiger partial charge on any atom is -0.391 e. The number of amides is 1. The van der Waals surface area contributed by atoms with Gasteiger partial charge < -0.3 is 10.0 Å². The summed E-state index contributed by atoms with van der Waals surface area (Å²) in [5.41, 5.74) is -0.372. The first-order valence-corrected chi connectivity index (χ1v) is 5.98. The van der Waals surface area contributed by atoms with Gasteiger partial charge in [-0.2, -0.15) is 0 Å². The summed E-state index contributed by atoms with van der Waals surface area (Å²) in [6.45, 7) is 6.73. The van der Waals surface area contributed by atoms with Gasteiger partial charge in [-0.05, 0) is 26.7 Å². The van der Waals surface area contributed by atoms with Crippen LogP contribution in [0.5, 0.6) is 0 Å². The Morgan fingerprint density at radius 1 is 1.47 bits per heavy atom. The molecule has 0 aliphatic carbocycles. The minimum absolute atomic E-state index is 0.199. The summed E-state index contributed by atoms with van der Waals surface area (Å²) < 4.78 is 0. The fraction of sp³-hybridized carbons (Fsp3) is 0.917. The second-order valence-corrected chi connectivity index (χ2v) is 4.96. The summed E-state index contributed by atoms with van der Waals surface area (Å²) in [6, 6.07) is 0. The zero-order valence-electron chi connectivity index (χ0n) is 10.1. The van der Waals surface area contributed by atoms with E-state index in [0.29, 0.717) is 19.4 Å². The van der Waals surface area contributed by atoms with Crippen LogP contribution >= 0.6 is 0 Å². The van der Waals surface area contributed by atoms with Crippen LogP contribution in [0.4, 0.5) is 0 Å². The molecule has 0 aromatic rings. The highest BCUT2D eigenvalue weighted by Crippen LogP contribution is 2.29. The number of unbranched alkanes of at least 4 members (excludes halogenated alkanes) is 2. The third-order valence-electron chi connectivity index (χ3n) is 3.43. The number of aliphatic hydroxyl groups is 1. The SMILES string of the molecule is CCCCCC(=O)N1CCC(O)C1(C)C. The van der Waals surface area contributed by atoms with Crippen molar-refractivity contribution in [3.05, 3.63) is 0 Å². The summed E-state index contributed by atoms with van der Waals surface area (Å²) >= 11 is 0. The van der Waals surface area contributed by atoms with E-state index in [-0.39, 0.29) is 17.6 Å². The summed E-state index contributed by atoms with van der Waals surface area (Å²) in [4.78, 5) is 13.7. The molecular weight excluding hydrogens is 190 g/mol. The lowest BCUT2D eigenvalue weighted by Gasteiger charge is -2.33. The van der Waals surface area contributed by atoms with Crippen LogP contribution in [-0.2, 0) is 4.79 Å². The molecule has 1 rings (SSSR count). The van der Waals surface area contributed by atoms with E-state index in [9.17, 15) is 9.90 Å². The number of nitrogens with zero attached hydrogens (tertiary/aromatic N) is 1. The third-order valence-corrected chi connectivity index (χ3v) is 3.43. The monoisotopic (exact) mass is 213 g/mol. The zero-order chi connectivity index (χ0) is 11.5. The van der Waals surface area contributed by atoms with E-state index < -0.39 is 0 Å². The van der Waals surface area contributed by atoms with Crippen LogP contribution in [0.15, 0.2) is 0 Å². The van der Waals surface area contributed by atoms with Crippen molar-refractivity contribution in [2.24, 2.45) is 0 Å². The molecule has 1 amide bonds. The Bertz CT molecular complexity index is 226. The summed E-state index contributed by atoms with van der Waals surface area (Å²) in [5, 5.41) is 9.75. The molecule has 1 N–H and O–H groups in total. The number of carbonyl (C=O) groups is 1. The van der Waals surface area contributed by atoms with Crippen LogP contribution in [0.1, 0.15) is 52.9 Å². The Hall–Kier alpha value is -0.570. The highest BCUT2D eigenvalue weighted by atomic mass is 16.3. The maximum atomic E-state index is 11.9. The minimum atomic E-state index is -0.372. The summed E-state index contributed by atoms with van der Waals surface area (Å²) in [7, 11) is 0. The molecule has 3 heteroatoms. The van der Waals surface area contributed by atoms with Crippen molar-refractivity contribution < 1.29 is 9.90 Å². The van der Waals surface area contributed by atoms with Gasteiger partial charge in [0.15, 0.2) is 0 Å². The molecule has 1 saturated heterocycles. The normalized spacial score (nSPS) is 24.5. The largest absolute Gasteiger partial charge is 0.391 e. The van der Waals surface area contributed by atoms with E-state index in [2.05, 4.69) is 6.92 Å². The van der Waals surface area contributed by atoms with E-state index in [4.69, 9.17) is 0 Å². The molecule has 3 nitrogen and oxygen atoms in total. The van der Waals surface area contributed by atoms with Gasteiger partial charge in [-0.15, -0.1) is 0 Å². The quantitative estimate of drug-likeness (QED) is 0.725. The molecule has 1 aliphatic rings. The number of rotatable bonds is 4. The molecule has 0 bridgehead atoms. The van der Waals surface area contributed by atoms with Crippen molar-refractivity contribution in [3.63, 3.8) is 0 Å². The lowest BCUT2D eigenvalue weighted by atomic mass is 9.98. The zero-order valence-corrected chi connectivity index (χ0v) is 10.1. The van der Waals surface area contributed by atoms with Crippen molar-refractivity contribution in [1.29, 1.82) is 0 Å². The second kappa shape index (κ2) is 4.97. The third kappa shape index (κ3) is 2.71. The highest BCUT2D eigenvalue weighted by molar-refractivity contribution is 5.77. The number of hydrogen-bond acceptors (Lipinski definition) is 2. The van der Waals surface area contributed by atoms with E-state index in [1.165, 1.54) is 0 Å². The Labute approximate surface area is 92.5 Å². The van der Waals surface area contributed by atoms with Gasteiger partial charge in [-0.25, -0.2) is 0 Å². The molecule has 88 valence electrons. The van der Waals surface area contributed by atoms with Crippen LogP contribution < -0.4 is 0 Å². The Balaban J connectivity index is 2.46. The lowest BCUT2D eigenvalue weighted by molar-refractivity contribution is -0.136. The predicted molar refractivity (Wildman–Crippen MR) is 60.6 cm³/mol. The van der Waals surface area contributed by atoms with Gasteiger partial charge in [-0.1, -0.05) is 19.8 Å². The number of aliphatic hydroxyl groups excluding tert-OH is 1. The standard InChI is InChI=1S/C12H23NO2/c1-4-5-6-7-11(15)13-9-8-10(14)12(13,2)3/h10,14H,4-9H2,1-3H3. The lowest BCUT2D eigenvalue weighted by Crippen LogP contribution is -2.47. The van der Waals surface area contributed by atoms with Crippen molar-refractivity contribution in [1.82, 2.24) is 4.90 Å². The van der Waals surface area contributed by atoms with Gasteiger partial charge in [0.25, 0.3) is 0 Å². The van der Waals surface area contributed by atoms with Crippen LogP contribution in [0.3, 0.4) is 0 Å². The Morgan fingerprint density at radius 2 is 2.13 bits per heavy atom. The van der Waals surface area contributed by atoms with Crippen LogP contribution in [0.2, 0.25) is 0 Å². The molecular formula is C12H23NO2. The van der Waals surface area contributed by atoms with E-state index >= 15 is 0 Å². The van der Waals surface area contributed by atoms with Crippen LogP contribution in [0, 0.1) is 0 Å². The molecule has 0 radical (unpaired) electrons. The highest BCUT2D eigenvalue weighted by Gasteiger charge is 2.42. The van der Waals surface area contributed by atoms with Crippen LogP contribution in [-0.4, -0.2) is 34.1 Å². The molecule has 1 fully saturated rings. The van der Waals surface area contributed by atoms with Gasteiger partial charge in [0.2, 0.25) is 5.91 Å². The molecule has 0 aromatic heterocycles. The first-order chi connectivity index (χ1) is 7.00. The second-order valence-electron chi connectivity index (χ2n) is 4.96. The van der Waals surface area contributed by atoms with Crippen molar-refractivity contribution >= 4 is 5.91 Å². The van der Waals surface area contributed by atoms with E-state index in [1.54, 1.807) is 0 Å². The van der Waals surface area contributed by atoms with Gasteiger partial charge in [0, 0.05) is 13.0 Å². The van der Waals surface area contributed by atoms with Crippen molar-refractivity contribution in [3.8, 4) is 0 Å². The van der Waals surface area contributed by atoms with Gasteiger partial charge in [0.05, 0.1) is 11.6 Å². The van der Waals surface area contributed by atoms with Crippen molar-refractivity contribution in [2.45, 2.75) is 64.5 Å². The maximum absolute atomic E-state index is 11.9. The van der Waals surface area contributed by atoms with E-state index in [1.807, 2.05) is 18.7 Å². The van der Waals surface area contributed by atoms with E-state index in [0.717, 1.165) is 19.3 Å². The first kappa shape index (κ1) is 12.5. The van der Waals surface area contributed by atoms with Gasteiger partial charge in [-0.3, -0.25) is 4.79 Å². The maximum Gasteiger partial charge on any atom is 0.223 e. The molecule has 1 aliphatic heterocycles. The number of hydrogen-bond donors (Lipinski definition) is 1. The molecule has 15 heavy (non-hydrogen) atoms. The van der Waals surface area contributed by atoms with Gasteiger partial charge in [0.1, 0.15) is 0 Å².